The predicted octanol–water partition coefficient (Wildman–Crippen LogP) is 4.71. The monoisotopic (exact) mass is 335 g/mol. The molecule has 1 aliphatic rings. The number of para-hydroxylation sites is 1. The Kier molecular flexibility index (Phi) is 4.28. The first-order valence-corrected chi connectivity index (χ1v) is 8.69. The van der Waals surface area contributed by atoms with Crippen molar-refractivity contribution in [2.24, 2.45) is 0 Å². The number of amides is 1. The summed E-state index contributed by atoms with van der Waals surface area (Å²) in [7, 11) is 1.62. The number of hydrogen-bond donors (Lipinski definition) is 1. The van der Waals surface area contributed by atoms with Crippen LogP contribution < -0.4 is 5.32 Å². The quantitative estimate of drug-likeness (QED) is 0.751. The van der Waals surface area contributed by atoms with Gasteiger partial charge in [0.2, 0.25) is 0 Å². The van der Waals surface area contributed by atoms with Crippen molar-refractivity contribution < 1.29 is 13.9 Å². The second-order valence-electron chi connectivity index (χ2n) is 6.44. The van der Waals surface area contributed by atoms with Gasteiger partial charge in [-0.05, 0) is 48.9 Å². The molecule has 1 N–H and O–H groups in total. The first kappa shape index (κ1) is 15.9. The predicted molar refractivity (Wildman–Crippen MR) is 98.0 cm³/mol. The molecule has 128 valence electrons. The lowest BCUT2D eigenvalue weighted by Crippen LogP contribution is -2.16. The highest BCUT2D eigenvalue weighted by atomic mass is 16.5. The Labute approximate surface area is 146 Å². The summed E-state index contributed by atoms with van der Waals surface area (Å²) < 4.78 is 11.1. The van der Waals surface area contributed by atoms with Crippen LogP contribution in [0.5, 0.6) is 0 Å². The van der Waals surface area contributed by atoms with Crippen LogP contribution in [0.3, 0.4) is 0 Å². The SMILES string of the molecule is COCc1c(C(=O)Nc2cccc3c2CCCC3)oc2ccccc12. The molecule has 4 heteroatoms. The Hall–Kier alpha value is -2.59. The van der Waals surface area contributed by atoms with Gasteiger partial charge in [-0.15, -0.1) is 0 Å². The topological polar surface area (TPSA) is 51.5 Å². The normalized spacial score (nSPS) is 13.6. The minimum atomic E-state index is -0.220. The van der Waals surface area contributed by atoms with E-state index in [0.29, 0.717) is 18.0 Å². The Morgan fingerprint density at radius 3 is 2.84 bits per heavy atom. The summed E-state index contributed by atoms with van der Waals surface area (Å²) in [5.74, 6) is 0.110. The van der Waals surface area contributed by atoms with E-state index in [0.717, 1.165) is 29.5 Å². The molecule has 0 saturated heterocycles. The number of aryl methyl sites for hydroxylation is 1. The van der Waals surface area contributed by atoms with Gasteiger partial charge in [-0.1, -0.05) is 30.3 Å². The van der Waals surface area contributed by atoms with Crippen molar-refractivity contribution in [3.05, 3.63) is 64.9 Å². The number of benzene rings is 2. The van der Waals surface area contributed by atoms with Gasteiger partial charge in [-0.2, -0.15) is 0 Å². The molecule has 1 heterocycles. The second kappa shape index (κ2) is 6.73. The van der Waals surface area contributed by atoms with Crippen LogP contribution in [0.2, 0.25) is 0 Å². The van der Waals surface area contributed by atoms with Crippen LogP contribution >= 0.6 is 0 Å². The van der Waals surface area contributed by atoms with Gasteiger partial charge in [-0.25, -0.2) is 0 Å². The van der Waals surface area contributed by atoms with Gasteiger partial charge in [0.05, 0.1) is 6.61 Å². The molecule has 0 spiro atoms. The van der Waals surface area contributed by atoms with Crippen LogP contribution in [-0.2, 0) is 24.2 Å². The highest BCUT2D eigenvalue weighted by Gasteiger charge is 2.22. The van der Waals surface area contributed by atoms with Crippen molar-refractivity contribution in [1.82, 2.24) is 0 Å². The number of ether oxygens (including phenoxy) is 1. The molecule has 4 rings (SSSR count). The Morgan fingerprint density at radius 2 is 1.96 bits per heavy atom. The van der Waals surface area contributed by atoms with Gasteiger partial charge in [0.1, 0.15) is 5.58 Å². The van der Waals surface area contributed by atoms with Gasteiger partial charge in [0.25, 0.3) is 5.91 Å². The minimum Gasteiger partial charge on any atom is -0.451 e. The van der Waals surface area contributed by atoms with Crippen molar-refractivity contribution >= 4 is 22.6 Å². The third-order valence-corrected chi connectivity index (χ3v) is 4.84. The molecule has 0 radical (unpaired) electrons. The maximum absolute atomic E-state index is 12.9. The third-order valence-electron chi connectivity index (χ3n) is 4.84. The van der Waals surface area contributed by atoms with Crippen molar-refractivity contribution in [2.75, 3.05) is 12.4 Å². The number of rotatable bonds is 4. The van der Waals surface area contributed by atoms with Gasteiger partial charge >= 0.3 is 0 Å². The van der Waals surface area contributed by atoms with Crippen LogP contribution in [0.1, 0.15) is 40.1 Å². The van der Waals surface area contributed by atoms with Crippen molar-refractivity contribution in [3.8, 4) is 0 Å². The maximum atomic E-state index is 12.9. The number of anilines is 1. The number of methoxy groups -OCH3 is 1. The smallest absolute Gasteiger partial charge is 0.291 e. The number of furan rings is 1. The van der Waals surface area contributed by atoms with Gasteiger partial charge < -0.3 is 14.5 Å². The lowest BCUT2D eigenvalue weighted by Gasteiger charge is -2.19. The zero-order valence-corrected chi connectivity index (χ0v) is 14.3. The fourth-order valence-corrected chi connectivity index (χ4v) is 3.65. The van der Waals surface area contributed by atoms with E-state index < -0.39 is 0 Å². The summed E-state index contributed by atoms with van der Waals surface area (Å²) in [6.07, 6.45) is 4.47. The number of hydrogen-bond acceptors (Lipinski definition) is 3. The van der Waals surface area contributed by atoms with E-state index in [1.165, 1.54) is 24.0 Å². The van der Waals surface area contributed by atoms with Crippen LogP contribution in [0.15, 0.2) is 46.9 Å². The van der Waals surface area contributed by atoms with Crippen molar-refractivity contribution in [2.45, 2.75) is 32.3 Å². The molecule has 4 nitrogen and oxygen atoms in total. The zero-order chi connectivity index (χ0) is 17.2. The summed E-state index contributed by atoms with van der Waals surface area (Å²) in [6.45, 7) is 0.340. The maximum Gasteiger partial charge on any atom is 0.291 e. The number of carbonyl (C=O) groups excluding carboxylic acids is 1. The van der Waals surface area contributed by atoms with Gasteiger partial charge in [0, 0.05) is 23.7 Å². The van der Waals surface area contributed by atoms with E-state index in [2.05, 4.69) is 11.4 Å². The van der Waals surface area contributed by atoms with E-state index in [1.54, 1.807) is 7.11 Å². The average molecular weight is 335 g/mol. The van der Waals surface area contributed by atoms with E-state index in [9.17, 15) is 4.79 Å². The fourth-order valence-electron chi connectivity index (χ4n) is 3.65. The van der Waals surface area contributed by atoms with E-state index in [-0.39, 0.29) is 5.91 Å². The lowest BCUT2D eigenvalue weighted by atomic mass is 9.90. The van der Waals surface area contributed by atoms with Crippen LogP contribution in [0, 0.1) is 0 Å². The molecule has 3 aromatic rings. The Bertz CT molecular complexity index is 926. The molecule has 1 amide bonds. The van der Waals surface area contributed by atoms with Gasteiger partial charge in [0.15, 0.2) is 5.76 Å². The second-order valence-corrected chi connectivity index (χ2v) is 6.44. The minimum absolute atomic E-state index is 0.220. The number of nitrogens with one attached hydrogen (secondary N) is 1. The molecule has 0 bridgehead atoms. The van der Waals surface area contributed by atoms with Crippen LogP contribution in [-0.4, -0.2) is 13.0 Å². The van der Waals surface area contributed by atoms with Crippen LogP contribution in [0.4, 0.5) is 5.69 Å². The highest BCUT2D eigenvalue weighted by molar-refractivity contribution is 6.06. The molecule has 0 saturated carbocycles. The summed E-state index contributed by atoms with van der Waals surface area (Å²) in [4.78, 5) is 12.9. The molecule has 1 aliphatic carbocycles. The molecule has 0 unspecified atom stereocenters. The molecule has 2 aromatic carbocycles. The molecule has 1 aromatic heterocycles. The number of fused-ring (bicyclic) bond motifs is 2. The average Bonchev–Trinajstić information content (AvgIpc) is 3.01. The summed E-state index contributed by atoms with van der Waals surface area (Å²) in [5, 5.41) is 3.98. The molecular weight excluding hydrogens is 314 g/mol. The number of carbonyl (C=O) groups is 1. The molecule has 0 aliphatic heterocycles. The summed E-state index contributed by atoms with van der Waals surface area (Å²) >= 11 is 0. The van der Waals surface area contributed by atoms with Gasteiger partial charge in [-0.3, -0.25) is 4.79 Å². The fraction of sp³-hybridized carbons (Fsp3) is 0.286. The van der Waals surface area contributed by atoms with E-state index >= 15 is 0 Å². The van der Waals surface area contributed by atoms with Crippen molar-refractivity contribution in [3.63, 3.8) is 0 Å². The lowest BCUT2D eigenvalue weighted by molar-refractivity contribution is 0.0992. The molecule has 0 atom stereocenters. The molecule has 0 fully saturated rings. The third kappa shape index (κ3) is 2.94. The molecule has 25 heavy (non-hydrogen) atoms. The largest absolute Gasteiger partial charge is 0.451 e. The molecular formula is C21H21NO3. The Balaban J connectivity index is 1.70. The van der Waals surface area contributed by atoms with Crippen molar-refractivity contribution in [1.29, 1.82) is 0 Å². The van der Waals surface area contributed by atoms with Crippen LogP contribution in [0.25, 0.3) is 11.0 Å². The standard InChI is InChI=1S/C21H21NO3/c1-24-13-17-16-10-4-5-12-19(16)25-20(17)21(23)22-18-11-6-8-14-7-2-3-9-15(14)18/h4-6,8,10-12H,2-3,7,9,13H2,1H3,(H,22,23). The Morgan fingerprint density at radius 1 is 1.12 bits per heavy atom. The van der Waals surface area contributed by atoms with E-state index in [4.69, 9.17) is 9.15 Å². The first-order chi connectivity index (χ1) is 12.3. The van der Waals surface area contributed by atoms with E-state index in [1.807, 2.05) is 36.4 Å². The highest BCUT2D eigenvalue weighted by Crippen LogP contribution is 2.30. The summed E-state index contributed by atoms with van der Waals surface area (Å²) in [6, 6.07) is 13.8. The summed E-state index contributed by atoms with van der Waals surface area (Å²) in [5.41, 5.74) is 4.98. The zero-order valence-electron chi connectivity index (χ0n) is 14.3. The first-order valence-electron chi connectivity index (χ1n) is 8.69.